The molecule has 0 atom stereocenters. The van der Waals surface area contributed by atoms with Gasteiger partial charge in [-0.1, -0.05) is 133 Å². The van der Waals surface area contributed by atoms with E-state index >= 15 is 0 Å². The van der Waals surface area contributed by atoms with Crippen LogP contribution < -0.4 is 0 Å². The van der Waals surface area contributed by atoms with Crippen molar-refractivity contribution in [3.63, 3.8) is 0 Å². The highest BCUT2D eigenvalue weighted by Gasteiger charge is 2.19. The van der Waals surface area contributed by atoms with Crippen LogP contribution in [0.5, 0.6) is 0 Å². The lowest BCUT2D eigenvalue weighted by Gasteiger charge is -2.11. The molecule has 0 unspecified atom stereocenters. The van der Waals surface area contributed by atoms with Crippen molar-refractivity contribution >= 4 is 0 Å². The van der Waals surface area contributed by atoms with Crippen molar-refractivity contribution in [1.29, 1.82) is 0 Å². The average molecular weight is 621 g/mol. The molecule has 2 heterocycles. The van der Waals surface area contributed by atoms with Crippen LogP contribution in [0.2, 0.25) is 0 Å². The molecule has 6 nitrogen and oxygen atoms in total. The van der Waals surface area contributed by atoms with Crippen LogP contribution in [0, 0.1) is 13.8 Å². The Labute approximate surface area is 279 Å². The second kappa shape index (κ2) is 12.4. The first-order chi connectivity index (χ1) is 23.6. The molecular formula is C42H32N6. The van der Waals surface area contributed by atoms with Crippen LogP contribution in [0.4, 0.5) is 0 Å². The van der Waals surface area contributed by atoms with Crippen LogP contribution in [0.3, 0.4) is 0 Å². The van der Waals surface area contributed by atoms with Gasteiger partial charge in [-0.25, -0.2) is 0 Å². The minimum atomic E-state index is 0.854. The van der Waals surface area contributed by atoms with Gasteiger partial charge in [0.25, 0.3) is 0 Å². The first kappa shape index (κ1) is 29.0. The molecule has 48 heavy (non-hydrogen) atoms. The lowest BCUT2D eigenvalue weighted by molar-refractivity contribution is 0.751. The zero-order valence-corrected chi connectivity index (χ0v) is 26.7. The molecule has 0 aliphatic carbocycles. The lowest BCUT2D eigenvalue weighted by atomic mass is 9.98. The van der Waals surface area contributed by atoms with Gasteiger partial charge in [-0.15, -0.1) is 20.4 Å². The van der Waals surface area contributed by atoms with Gasteiger partial charge in [0.2, 0.25) is 0 Å². The van der Waals surface area contributed by atoms with Crippen molar-refractivity contribution in [2.45, 2.75) is 13.8 Å². The Kier molecular flexibility index (Phi) is 7.51. The SMILES string of the molecule is Cc1cc(-n2nc(-c3ccccc3)c(-c3ccccc3)n2)ccc1-c1ccc(-n2nc(-c3ccccc3)c(-c3ccccc3)n2)c(C)c1. The largest absolute Gasteiger partial charge is 0.150 e. The Morgan fingerprint density at radius 3 is 1.17 bits per heavy atom. The van der Waals surface area contributed by atoms with Gasteiger partial charge in [-0.2, -0.15) is 9.59 Å². The molecule has 0 saturated heterocycles. The summed E-state index contributed by atoms with van der Waals surface area (Å²) in [6, 6.07) is 53.8. The number of rotatable bonds is 7. The Balaban J connectivity index is 1.14. The van der Waals surface area contributed by atoms with E-state index in [2.05, 4.69) is 98.8 Å². The zero-order valence-electron chi connectivity index (χ0n) is 26.7. The summed E-state index contributed by atoms with van der Waals surface area (Å²) in [5.74, 6) is 0. The van der Waals surface area contributed by atoms with E-state index in [1.54, 1.807) is 9.59 Å². The minimum Gasteiger partial charge on any atom is -0.150 e. The fraction of sp³-hybridized carbons (Fsp3) is 0.0476. The molecule has 2 aromatic heterocycles. The molecule has 0 bridgehead atoms. The van der Waals surface area contributed by atoms with E-state index in [1.165, 1.54) is 0 Å². The van der Waals surface area contributed by atoms with Gasteiger partial charge >= 0.3 is 0 Å². The van der Waals surface area contributed by atoms with Crippen LogP contribution in [0.1, 0.15) is 11.1 Å². The van der Waals surface area contributed by atoms with Gasteiger partial charge in [-0.05, 0) is 60.4 Å². The maximum atomic E-state index is 4.99. The van der Waals surface area contributed by atoms with E-state index in [9.17, 15) is 0 Å². The van der Waals surface area contributed by atoms with Crippen molar-refractivity contribution in [3.05, 3.63) is 169 Å². The second-order valence-corrected chi connectivity index (χ2v) is 11.8. The van der Waals surface area contributed by atoms with E-state index in [0.717, 1.165) is 78.7 Å². The molecule has 0 aliphatic rings. The smallest absolute Gasteiger partial charge is 0.121 e. The molecule has 0 spiro atoms. The molecule has 6 aromatic carbocycles. The van der Waals surface area contributed by atoms with Crippen LogP contribution >= 0.6 is 0 Å². The number of nitrogens with zero attached hydrogens (tertiary/aromatic N) is 6. The lowest BCUT2D eigenvalue weighted by Crippen LogP contribution is -2.02. The summed E-state index contributed by atoms with van der Waals surface area (Å²) >= 11 is 0. The third-order valence-electron chi connectivity index (χ3n) is 8.58. The third kappa shape index (κ3) is 5.50. The van der Waals surface area contributed by atoms with Gasteiger partial charge in [0.15, 0.2) is 0 Å². The van der Waals surface area contributed by atoms with Gasteiger partial charge in [0.05, 0.1) is 11.4 Å². The quantitative estimate of drug-likeness (QED) is 0.178. The molecule has 230 valence electrons. The molecule has 6 heteroatoms. The molecular weight excluding hydrogens is 589 g/mol. The van der Waals surface area contributed by atoms with E-state index in [0.29, 0.717) is 0 Å². The van der Waals surface area contributed by atoms with E-state index < -0.39 is 0 Å². The highest BCUT2D eigenvalue weighted by molar-refractivity contribution is 5.79. The summed E-state index contributed by atoms with van der Waals surface area (Å²) < 4.78 is 0. The molecule has 8 rings (SSSR count). The summed E-state index contributed by atoms with van der Waals surface area (Å²) in [4.78, 5) is 3.51. The van der Waals surface area contributed by atoms with E-state index in [4.69, 9.17) is 20.4 Å². The first-order valence-electron chi connectivity index (χ1n) is 16.0. The molecule has 0 radical (unpaired) electrons. The maximum absolute atomic E-state index is 4.99. The number of hydrogen-bond acceptors (Lipinski definition) is 4. The fourth-order valence-electron chi connectivity index (χ4n) is 6.14. The average Bonchev–Trinajstić information content (AvgIpc) is 3.79. The fourth-order valence-corrected chi connectivity index (χ4v) is 6.14. The molecule has 0 fully saturated rings. The molecule has 0 saturated carbocycles. The van der Waals surface area contributed by atoms with Gasteiger partial charge in [-0.3, -0.25) is 0 Å². The van der Waals surface area contributed by atoms with Gasteiger partial charge < -0.3 is 0 Å². The van der Waals surface area contributed by atoms with E-state index in [-0.39, 0.29) is 0 Å². The van der Waals surface area contributed by atoms with Crippen molar-refractivity contribution < 1.29 is 0 Å². The Bertz CT molecular complexity index is 2230. The van der Waals surface area contributed by atoms with Crippen molar-refractivity contribution in [3.8, 4) is 67.5 Å². The predicted molar refractivity (Wildman–Crippen MR) is 193 cm³/mol. The Morgan fingerprint density at radius 2 is 0.771 bits per heavy atom. The highest BCUT2D eigenvalue weighted by atomic mass is 15.5. The standard InChI is InChI=1S/C42H32N6/c1-29-28-36(47-43-39(31-15-7-3-8-16-31)40(44-47)32-17-9-4-10-18-32)24-25-37(29)35-23-26-38(30(2)27-35)48-45-41(33-19-11-5-12-20-33)42(46-48)34-21-13-6-14-22-34/h3-28H,1-2H3. The second-order valence-electron chi connectivity index (χ2n) is 11.8. The zero-order chi connectivity index (χ0) is 32.5. The number of aryl methyl sites for hydroxylation is 2. The Morgan fingerprint density at radius 1 is 0.354 bits per heavy atom. The summed E-state index contributed by atoms with van der Waals surface area (Å²) in [5, 5.41) is 19.9. The van der Waals surface area contributed by atoms with Crippen molar-refractivity contribution in [2.24, 2.45) is 0 Å². The van der Waals surface area contributed by atoms with Crippen LogP contribution in [0.15, 0.2) is 158 Å². The van der Waals surface area contributed by atoms with Gasteiger partial charge in [0, 0.05) is 22.3 Å². The number of benzene rings is 6. The third-order valence-corrected chi connectivity index (χ3v) is 8.58. The first-order valence-corrected chi connectivity index (χ1v) is 16.0. The predicted octanol–water partition coefficient (Wildman–Crippen LogP) is 9.80. The normalized spacial score (nSPS) is 11.1. The summed E-state index contributed by atoms with van der Waals surface area (Å²) in [6.45, 7) is 4.25. The summed E-state index contributed by atoms with van der Waals surface area (Å²) in [6.07, 6.45) is 0. The van der Waals surface area contributed by atoms with Crippen molar-refractivity contribution in [1.82, 2.24) is 30.0 Å². The van der Waals surface area contributed by atoms with Crippen molar-refractivity contribution in [2.75, 3.05) is 0 Å². The maximum Gasteiger partial charge on any atom is 0.121 e. The number of hydrogen-bond donors (Lipinski definition) is 0. The van der Waals surface area contributed by atoms with E-state index in [1.807, 2.05) is 72.8 Å². The summed E-state index contributed by atoms with van der Waals surface area (Å²) in [7, 11) is 0. The molecule has 0 N–H and O–H groups in total. The van der Waals surface area contributed by atoms with Crippen LogP contribution in [-0.2, 0) is 0 Å². The van der Waals surface area contributed by atoms with Gasteiger partial charge in [0.1, 0.15) is 22.8 Å². The minimum absolute atomic E-state index is 0.854. The Hall–Kier alpha value is -6.40. The topological polar surface area (TPSA) is 61.4 Å². The monoisotopic (exact) mass is 620 g/mol. The van der Waals surface area contributed by atoms with Crippen LogP contribution in [0.25, 0.3) is 67.5 Å². The molecule has 0 aliphatic heterocycles. The molecule has 0 amide bonds. The molecule has 8 aromatic rings. The summed E-state index contributed by atoms with van der Waals surface area (Å²) in [5.41, 5.74) is 13.9. The van der Waals surface area contributed by atoms with Crippen LogP contribution in [-0.4, -0.2) is 30.0 Å². The number of aromatic nitrogens is 6. The highest BCUT2D eigenvalue weighted by Crippen LogP contribution is 2.33.